The molecule has 5 heterocycles. The van der Waals surface area contributed by atoms with E-state index in [2.05, 4.69) is 44.6 Å². The monoisotopic (exact) mass is 966 g/mol. The summed E-state index contributed by atoms with van der Waals surface area (Å²) in [5, 5.41) is 5.29. The number of ether oxygens (including phenoxy) is 3. The fraction of sp³-hybridized carbons (Fsp3) is 0.389. The number of piperazine rings is 1. The quantitative estimate of drug-likeness (QED) is 0.0531. The number of imide groups is 2. The molecule has 3 aliphatic rings. The molecule has 1 atom stereocenters. The van der Waals surface area contributed by atoms with Gasteiger partial charge in [0, 0.05) is 107 Å². The molecule has 1 unspecified atom stereocenters. The van der Waals surface area contributed by atoms with Gasteiger partial charge in [-0.25, -0.2) is 9.97 Å². The average Bonchev–Trinajstić information content (AvgIpc) is 3.64. The highest BCUT2D eigenvalue weighted by molar-refractivity contribution is 6.25. The van der Waals surface area contributed by atoms with Crippen LogP contribution in [-0.2, 0) is 48.0 Å². The first-order valence-electron chi connectivity index (χ1n) is 24.3. The number of nitrogens with one attached hydrogen (secondary N) is 2. The van der Waals surface area contributed by atoms with E-state index in [1.54, 1.807) is 36.8 Å². The van der Waals surface area contributed by atoms with Gasteiger partial charge in [0.15, 0.2) is 5.78 Å². The molecule has 2 N–H and O–H groups in total. The molecule has 3 aromatic carbocycles. The van der Waals surface area contributed by atoms with E-state index in [9.17, 15) is 28.8 Å². The number of hydrogen-bond acceptors (Lipinski definition) is 14. The van der Waals surface area contributed by atoms with Crippen molar-refractivity contribution in [2.24, 2.45) is 0 Å². The molecule has 372 valence electrons. The summed E-state index contributed by atoms with van der Waals surface area (Å²) >= 11 is 0. The minimum atomic E-state index is -0.972. The minimum absolute atomic E-state index is 0.0913. The highest BCUT2D eigenvalue weighted by atomic mass is 16.5. The van der Waals surface area contributed by atoms with Crippen molar-refractivity contribution in [1.29, 1.82) is 0 Å². The van der Waals surface area contributed by atoms with Crippen molar-refractivity contribution in [2.75, 3.05) is 77.7 Å². The van der Waals surface area contributed by atoms with E-state index in [0.29, 0.717) is 76.7 Å². The zero-order chi connectivity index (χ0) is 50.1. The maximum absolute atomic E-state index is 13.2. The Morgan fingerprint density at radius 2 is 1.56 bits per heavy atom. The van der Waals surface area contributed by atoms with Gasteiger partial charge >= 0.3 is 0 Å². The van der Waals surface area contributed by atoms with Gasteiger partial charge in [0.05, 0.1) is 49.7 Å². The normalized spacial score (nSPS) is 15.8. The van der Waals surface area contributed by atoms with Crippen LogP contribution in [0.4, 0.5) is 5.69 Å². The number of hydrogen-bond donors (Lipinski definition) is 2. The molecular formula is C54H62N8O9. The Morgan fingerprint density at radius 1 is 0.803 bits per heavy atom. The summed E-state index contributed by atoms with van der Waals surface area (Å²) in [7, 11) is 0. The number of aryl methyl sites for hydroxylation is 1. The van der Waals surface area contributed by atoms with E-state index in [-0.39, 0.29) is 35.7 Å². The van der Waals surface area contributed by atoms with Crippen LogP contribution in [0, 0.1) is 6.92 Å². The molecule has 0 radical (unpaired) electrons. The number of Topliss-reactive ketones (excluding diaryl/α,β-unsaturated/α-hetero) is 1. The van der Waals surface area contributed by atoms with Crippen LogP contribution in [-0.4, -0.2) is 143 Å². The third-order valence-electron chi connectivity index (χ3n) is 12.5. The van der Waals surface area contributed by atoms with Crippen molar-refractivity contribution in [2.45, 2.75) is 65.5 Å². The molecule has 0 bridgehead atoms. The molecule has 3 aliphatic heterocycles. The van der Waals surface area contributed by atoms with E-state index < -0.39 is 29.7 Å². The number of carbonyl (C=O) groups excluding carboxylic acids is 6. The number of carbonyl (C=O) groups is 6. The van der Waals surface area contributed by atoms with Gasteiger partial charge in [0.2, 0.25) is 17.7 Å². The predicted molar refractivity (Wildman–Crippen MR) is 266 cm³/mol. The first kappa shape index (κ1) is 51.8. The fourth-order valence-electron chi connectivity index (χ4n) is 8.60. The van der Waals surface area contributed by atoms with E-state index in [4.69, 9.17) is 19.2 Å². The molecule has 2 fully saturated rings. The van der Waals surface area contributed by atoms with Gasteiger partial charge in [-0.1, -0.05) is 48.5 Å². The van der Waals surface area contributed by atoms with E-state index in [1.165, 1.54) is 5.56 Å². The molecule has 0 aliphatic carbocycles. The summed E-state index contributed by atoms with van der Waals surface area (Å²) in [6, 6.07) is 23.9. The van der Waals surface area contributed by atoms with Gasteiger partial charge in [-0.2, -0.15) is 0 Å². The molecule has 71 heavy (non-hydrogen) atoms. The summed E-state index contributed by atoms with van der Waals surface area (Å²) in [5.41, 5.74) is 7.91. The number of aromatic nitrogens is 3. The highest BCUT2D eigenvalue weighted by Gasteiger charge is 2.45. The number of amides is 5. The highest BCUT2D eigenvalue weighted by Crippen LogP contribution is 2.32. The average molecular weight is 967 g/mol. The number of piperidine rings is 1. The topological polar surface area (TPSA) is 203 Å². The molecule has 2 saturated heterocycles. The number of anilines is 1. The maximum Gasteiger partial charge on any atom is 0.264 e. The van der Waals surface area contributed by atoms with Gasteiger partial charge < -0.3 is 24.4 Å². The fourth-order valence-corrected chi connectivity index (χ4v) is 8.60. The standard InChI is InChI=1S/C35H39N5O3.C19H23N3O6/c1-3-43-20-13-35(42)40-18-16-39(17-19-40)25-27-8-10-29(11-9-27)33(41)22-28-7-6-26(2)31(21-28)23-34-37-15-12-32(38-34)30-5-4-14-36-24-30;1-2-27-10-11-28-9-8-20-13-5-3-4-12-16(13)19(26)22(18(12)25)14-6-7-15(23)21-17(14)24/h4-12,14-15,21,24H,3,13,16-20,22-23,25H2,1-2H3;3-5,14,20H,2,6-11H2,1H3,(H,21,23,24). The lowest BCUT2D eigenvalue weighted by Crippen LogP contribution is -2.54. The van der Waals surface area contributed by atoms with Crippen LogP contribution in [0.5, 0.6) is 0 Å². The lowest BCUT2D eigenvalue weighted by Gasteiger charge is -2.34. The zero-order valence-corrected chi connectivity index (χ0v) is 40.7. The number of ketones is 1. The van der Waals surface area contributed by atoms with Crippen molar-refractivity contribution in [3.8, 4) is 11.3 Å². The van der Waals surface area contributed by atoms with E-state index in [0.717, 1.165) is 71.4 Å². The number of rotatable bonds is 21. The largest absolute Gasteiger partial charge is 0.382 e. The smallest absolute Gasteiger partial charge is 0.264 e. The zero-order valence-electron chi connectivity index (χ0n) is 40.7. The second kappa shape index (κ2) is 25.7. The maximum atomic E-state index is 13.2. The Hall–Kier alpha value is -7.05. The Kier molecular flexibility index (Phi) is 18.7. The molecule has 17 nitrogen and oxygen atoms in total. The number of pyridine rings is 1. The second-order valence-electron chi connectivity index (χ2n) is 17.3. The SMILES string of the molecule is CCOCCC(=O)N1CCN(Cc2ccc(C(=O)Cc3ccc(C)c(Cc4nccc(-c5cccnc5)n4)c3)cc2)CC1.CCOCCOCCNc1cccc2c1C(=O)N(C1CCC(=O)NC1=O)C2=O. The van der Waals surface area contributed by atoms with Crippen molar-refractivity contribution in [3.05, 3.63) is 142 Å². The van der Waals surface area contributed by atoms with Crippen molar-refractivity contribution < 1.29 is 43.0 Å². The van der Waals surface area contributed by atoms with Crippen LogP contribution < -0.4 is 10.6 Å². The molecule has 8 rings (SSSR count). The third-order valence-corrected chi connectivity index (χ3v) is 12.5. The Bertz CT molecular complexity index is 2660. The van der Waals surface area contributed by atoms with Crippen LogP contribution in [0.25, 0.3) is 11.3 Å². The summed E-state index contributed by atoms with van der Waals surface area (Å²) in [4.78, 5) is 93.3. The summed E-state index contributed by atoms with van der Waals surface area (Å²) in [5.74, 6) is -1.08. The van der Waals surface area contributed by atoms with Crippen LogP contribution in [0.15, 0.2) is 97.5 Å². The van der Waals surface area contributed by atoms with Crippen LogP contribution >= 0.6 is 0 Å². The van der Waals surface area contributed by atoms with Gasteiger partial charge in [-0.3, -0.25) is 48.9 Å². The van der Waals surface area contributed by atoms with Crippen LogP contribution in [0.3, 0.4) is 0 Å². The summed E-state index contributed by atoms with van der Waals surface area (Å²) < 4.78 is 15.9. The summed E-state index contributed by atoms with van der Waals surface area (Å²) in [6.45, 7) is 13.5. The lowest BCUT2D eigenvalue weighted by atomic mass is 9.97. The second-order valence-corrected chi connectivity index (χ2v) is 17.3. The minimum Gasteiger partial charge on any atom is -0.382 e. The molecular weight excluding hydrogens is 905 g/mol. The molecule has 0 saturated carbocycles. The van der Waals surface area contributed by atoms with Gasteiger partial charge in [-0.05, 0) is 79.8 Å². The third kappa shape index (κ3) is 14.1. The number of fused-ring (bicyclic) bond motifs is 1. The van der Waals surface area contributed by atoms with Gasteiger partial charge in [-0.15, -0.1) is 0 Å². The molecule has 5 aromatic rings. The first-order chi connectivity index (χ1) is 34.5. The predicted octanol–water partition coefficient (Wildman–Crippen LogP) is 5.49. The van der Waals surface area contributed by atoms with E-state index >= 15 is 0 Å². The lowest BCUT2D eigenvalue weighted by molar-refractivity contribution is -0.136. The van der Waals surface area contributed by atoms with Gasteiger partial charge in [0.1, 0.15) is 11.9 Å². The number of nitrogens with zero attached hydrogens (tertiary/aromatic N) is 6. The Balaban J connectivity index is 0.000000229. The summed E-state index contributed by atoms with van der Waals surface area (Å²) in [6.07, 6.45) is 6.92. The van der Waals surface area contributed by atoms with Crippen molar-refractivity contribution >= 4 is 41.0 Å². The molecule has 17 heteroatoms. The van der Waals surface area contributed by atoms with E-state index in [1.807, 2.05) is 67.3 Å². The number of benzene rings is 3. The van der Waals surface area contributed by atoms with Crippen LogP contribution in [0.1, 0.15) is 92.3 Å². The van der Waals surface area contributed by atoms with Crippen molar-refractivity contribution in [1.82, 2.24) is 35.0 Å². The molecule has 2 aromatic heterocycles. The van der Waals surface area contributed by atoms with Crippen LogP contribution in [0.2, 0.25) is 0 Å². The molecule has 5 amide bonds. The molecule has 0 spiro atoms. The van der Waals surface area contributed by atoms with Crippen molar-refractivity contribution in [3.63, 3.8) is 0 Å². The Morgan fingerprint density at radius 3 is 2.31 bits per heavy atom. The Labute approximate surface area is 414 Å². The van der Waals surface area contributed by atoms with Gasteiger partial charge in [0.25, 0.3) is 11.8 Å². The first-order valence-corrected chi connectivity index (χ1v) is 24.3.